The zero-order valence-electron chi connectivity index (χ0n) is 15.5. The van der Waals surface area contributed by atoms with Gasteiger partial charge >= 0.3 is 0 Å². The molecular formula is C24H23ClN2O. The van der Waals surface area contributed by atoms with Gasteiger partial charge in [0.15, 0.2) is 0 Å². The normalized spacial score (nSPS) is 13.5. The number of aliphatic hydroxyl groups excluding tert-OH is 1. The fraction of sp³-hybridized carbons (Fsp3) is 0.167. The number of H-pyrrole nitrogens is 1. The first kappa shape index (κ1) is 18.8. The van der Waals surface area contributed by atoms with Gasteiger partial charge in [0.25, 0.3) is 0 Å². The van der Waals surface area contributed by atoms with Crippen molar-refractivity contribution in [1.29, 1.82) is 0 Å². The van der Waals surface area contributed by atoms with Crippen molar-refractivity contribution in [3.63, 3.8) is 0 Å². The summed E-state index contributed by atoms with van der Waals surface area (Å²) >= 11 is 6.54. The highest BCUT2D eigenvalue weighted by Gasteiger charge is 2.20. The van der Waals surface area contributed by atoms with E-state index in [9.17, 15) is 5.11 Å². The van der Waals surface area contributed by atoms with Crippen LogP contribution in [0.4, 0.5) is 0 Å². The Bertz CT molecular complexity index is 1040. The molecule has 0 saturated carbocycles. The molecule has 4 heteroatoms. The van der Waals surface area contributed by atoms with Crippen LogP contribution in [-0.2, 0) is 0 Å². The molecule has 28 heavy (non-hydrogen) atoms. The van der Waals surface area contributed by atoms with E-state index >= 15 is 0 Å². The quantitative estimate of drug-likeness (QED) is 0.402. The Hall–Kier alpha value is -2.59. The summed E-state index contributed by atoms with van der Waals surface area (Å²) in [4.78, 5) is 3.36. The molecule has 0 spiro atoms. The van der Waals surface area contributed by atoms with Gasteiger partial charge in [0.05, 0.1) is 6.10 Å². The van der Waals surface area contributed by atoms with Gasteiger partial charge < -0.3 is 15.4 Å². The molecule has 4 rings (SSSR count). The molecule has 0 amide bonds. The van der Waals surface area contributed by atoms with Crippen molar-refractivity contribution in [1.82, 2.24) is 10.3 Å². The van der Waals surface area contributed by atoms with E-state index in [4.69, 9.17) is 11.6 Å². The number of benzene rings is 3. The summed E-state index contributed by atoms with van der Waals surface area (Å²) in [7, 11) is 0. The highest BCUT2D eigenvalue weighted by atomic mass is 35.5. The van der Waals surface area contributed by atoms with Crippen LogP contribution in [0, 0.1) is 0 Å². The van der Waals surface area contributed by atoms with E-state index in [0.717, 1.165) is 21.7 Å². The van der Waals surface area contributed by atoms with Crippen LogP contribution in [0.5, 0.6) is 0 Å². The lowest BCUT2D eigenvalue weighted by atomic mass is 9.90. The van der Waals surface area contributed by atoms with E-state index in [1.54, 1.807) is 0 Å². The van der Waals surface area contributed by atoms with Gasteiger partial charge in [-0.2, -0.15) is 0 Å². The molecule has 3 aromatic carbocycles. The highest BCUT2D eigenvalue weighted by Crippen LogP contribution is 2.34. The van der Waals surface area contributed by atoms with Gasteiger partial charge in [0.1, 0.15) is 0 Å². The van der Waals surface area contributed by atoms with Crippen LogP contribution in [0.2, 0.25) is 5.02 Å². The molecule has 3 N–H and O–H groups in total. The number of halogens is 1. The van der Waals surface area contributed by atoms with Crippen molar-refractivity contribution < 1.29 is 5.11 Å². The topological polar surface area (TPSA) is 48.0 Å². The number of hydrogen-bond donors (Lipinski definition) is 3. The lowest BCUT2D eigenvalue weighted by Gasteiger charge is -2.21. The third-order valence-corrected chi connectivity index (χ3v) is 5.49. The van der Waals surface area contributed by atoms with Gasteiger partial charge in [0, 0.05) is 41.1 Å². The van der Waals surface area contributed by atoms with Crippen molar-refractivity contribution in [2.24, 2.45) is 0 Å². The number of nitrogens with one attached hydrogen (secondary N) is 2. The summed E-state index contributed by atoms with van der Waals surface area (Å²) in [6.45, 7) is 1.16. The maximum atomic E-state index is 10.5. The maximum Gasteiger partial charge on any atom is 0.0914 e. The standard InChI is InChI=1S/C24H23ClN2O/c25-22-12-6-4-10-18(22)20(21-15-27-23-13-7-5-11-19(21)23)14-26-16-24(28)17-8-2-1-3-9-17/h1-13,15,20,24,26-28H,14,16H2/t20-,24+/m1/s1. The third kappa shape index (κ3) is 3.97. The first-order chi connectivity index (χ1) is 13.7. The summed E-state index contributed by atoms with van der Waals surface area (Å²) in [5.41, 5.74) is 4.30. The molecule has 1 heterocycles. The Balaban J connectivity index is 1.58. The van der Waals surface area contributed by atoms with Crippen molar-refractivity contribution >= 4 is 22.5 Å². The number of para-hydroxylation sites is 1. The summed E-state index contributed by atoms with van der Waals surface area (Å²) in [5, 5.41) is 15.9. The average Bonchev–Trinajstić information content (AvgIpc) is 3.16. The van der Waals surface area contributed by atoms with Crippen molar-refractivity contribution in [2.45, 2.75) is 12.0 Å². The van der Waals surface area contributed by atoms with E-state index in [1.165, 1.54) is 10.9 Å². The predicted octanol–water partition coefficient (Wildman–Crippen LogP) is 5.28. The zero-order valence-corrected chi connectivity index (χ0v) is 16.2. The van der Waals surface area contributed by atoms with Crippen molar-refractivity contribution in [3.8, 4) is 0 Å². The Morgan fingerprint density at radius 3 is 2.36 bits per heavy atom. The average molecular weight is 391 g/mol. The minimum Gasteiger partial charge on any atom is -0.387 e. The molecule has 0 saturated heterocycles. The second-order valence-corrected chi connectivity index (χ2v) is 7.36. The Morgan fingerprint density at radius 2 is 1.54 bits per heavy atom. The summed E-state index contributed by atoms with van der Waals surface area (Å²) < 4.78 is 0. The van der Waals surface area contributed by atoms with E-state index in [0.29, 0.717) is 13.1 Å². The molecule has 142 valence electrons. The molecule has 4 aromatic rings. The lowest BCUT2D eigenvalue weighted by Crippen LogP contribution is -2.27. The maximum absolute atomic E-state index is 10.5. The fourth-order valence-corrected chi connectivity index (χ4v) is 3.95. The molecule has 2 atom stereocenters. The van der Waals surface area contributed by atoms with Crippen LogP contribution in [0.1, 0.15) is 28.7 Å². The van der Waals surface area contributed by atoms with E-state index in [-0.39, 0.29) is 5.92 Å². The smallest absolute Gasteiger partial charge is 0.0914 e. The van der Waals surface area contributed by atoms with Crippen molar-refractivity contribution in [3.05, 3.63) is 107 Å². The molecule has 0 unspecified atom stereocenters. The van der Waals surface area contributed by atoms with E-state index in [2.05, 4.69) is 40.8 Å². The number of aliphatic hydroxyl groups is 1. The Morgan fingerprint density at radius 1 is 0.821 bits per heavy atom. The van der Waals surface area contributed by atoms with Crippen LogP contribution in [0.3, 0.4) is 0 Å². The Kier molecular flexibility index (Phi) is 5.77. The van der Waals surface area contributed by atoms with Crippen LogP contribution in [0.15, 0.2) is 85.1 Å². The van der Waals surface area contributed by atoms with Gasteiger partial charge in [-0.15, -0.1) is 0 Å². The monoisotopic (exact) mass is 390 g/mol. The van der Waals surface area contributed by atoms with E-state index < -0.39 is 6.10 Å². The Labute approximate surface area is 170 Å². The predicted molar refractivity (Wildman–Crippen MR) is 116 cm³/mol. The summed E-state index contributed by atoms with van der Waals surface area (Å²) in [5.74, 6) is 0.0767. The SMILES string of the molecule is O[C@@H](CNC[C@H](c1ccccc1Cl)c1c[nH]c2ccccc12)c1ccccc1. The minimum atomic E-state index is -0.545. The zero-order chi connectivity index (χ0) is 19.3. The number of aromatic nitrogens is 1. The second kappa shape index (κ2) is 8.61. The molecule has 0 aliphatic carbocycles. The number of fused-ring (bicyclic) bond motifs is 1. The first-order valence-electron chi connectivity index (χ1n) is 9.48. The molecule has 0 bridgehead atoms. The molecule has 0 radical (unpaired) electrons. The van der Waals surface area contributed by atoms with Crippen LogP contribution >= 0.6 is 11.6 Å². The third-order valence-electron chi connectivity index (χ3n) is 5.15. The molecular weight excluding hydrogens is 368 g/mol. The van der Waals surface area contributed by atoms with Gasteiger partial charge in [0.2, 0.25) is 0 Å². The van der Waals surface area contributed by atoms with Gasteiger partial charge in [-0.25, -0.2) is 0 Å². The second-order valence-electron chi connectivity index (χ2n) is 6.95. The number of aromatic amines is 1. The molecule has 0 aliphatic heterocycles. The van der Waals surface area contributed by atoms with Crippen LogP contribution in [-0.4, -0.2) is 23.2 Å². The van der Waals surface area contributed by atoms with Crippen molar-refractivity contribution in [2.75, 3.05) is 13.1 Å². The van der Waals surface area contributed by atoms with Crippen LogP contribution in [0.25, 0.3) is 10.9 Å². The molecule has 1 aromatic heterocycles. The van der Waals surface area contributed by atoms with Gasteiger partial charge in [-0.1, -0.05) is 78.3 Å². The van der Waals surface area contributed by atoms with Crippen LogP contribution < -0.4 is 5.32 Å². The van der Waals surface area contributed by atoms with Gasteiger partial charge in [-0.05, 0) is 28.8 Å². The largest absolute Gasteiger partial charge is 0.387 e. The number of hydrogen-bond acceptors (Lipinski definition) is 2. The molecule has 0 aliphatic rings. The summed E-state index contributed by atoms with van der Waals surface area (Å²) in [6.07, 6.45) is 1.52. The van der Waals surface area contributed by atoms with Gasteiger partial charge in [-0.3, -0.25) is 0 Å². The molecule has 3 nitrogen and oxygen atoms in total. The van der Waals surface area contributed by atoms with E-state index in [1.807, 2.05) is 54.6 Å². The number of rotatable bonds is 7. The first-order valence-corrected chi connectivity index (χ1v) is 9.86. The molecule has 0 fully saturated rings. The summed E-state index contributed by atoms with van der Waals surface area (Å²) in [6, 6.07) is 26.0. The highest BCUT2D eigenvalue weighted by molar-refractivity contribution is 6.31. The fourth-order valence-electron chi connectivity index (χ4n) is 3.68. The lowest BCUT2D eigenvalue weighted by molar-refractivity contribution is 0.174. The minimum absolute atomic E-state index is 0.0767.